The minimum Gasteiger partial charge on any atom is -0.872 e. The van der Waals surface area contributed by atoms with Gasteiger partial charge >= 0.3 is 5.97 Å². The number of carbonyl (C=O) groups is 3. The number of esters is 1. The Morgan fingerprint density at radius 1 is 1.09 bits per heavy atom. The lowest BCUT2D eigenvalue weighted by Crippen LogP contribution is -3.14. The SMILES string of the molecule is COC(=O)c1ccc(C2/C(=C(\[O-])c3ccc(Br)cc3)C(=O)C(=O)N2CC[NH+]2CCOCC2)cc1. The van der Waals surface area contributed by atoms with Crippen LogP contribution in [0.25, 0.3) is 5.76 Å². The smallest absolute Gasteiger partial charge is 0.337 e. The summed E-state index contributed by atoms with van der Waals surface area (Å²) in [5.74, 6) is -2.44. The normalized spacial score (nSPS) is 20.5. The fraction of sp³-hybridized carbons (Fsp3) is 0.320. The van der Waals surface area contributed by atoms with Crippen LogP contribution in [0.3, 0.4) is 0 Å². The number of quaternary nitrogens is 1. The van der Waals surface area contributed by atoms with Crippen LogP contribution in [0, 0.1) is 0 Å². The average molecular weight is 529 g/mol. The highest BCUT2D eigenvalue weighted by Crippen LogP contribution is 2.38. The molecule has 2 aliphatic rings. The van der Waals surface area contributed by atoms with Crippen LogP contribution in [0.2, 0.25) is 0 Å². The second kappa shape index (κ2) is 10.5. The first kappa shape index (κ1) is 24.1. The molecule has 178 valence electrons. The molecule has 1 unspecified atom stereocenters. The Morgan fingerprint density at radius 2 is 1.71 bits per heavy atom. The Morgan fingerprint density at radius 3 is 2.32 bits per heavy atom. The van der Waals surface area contributed by atoms with Crippen LogP contribution in [-0.2, 0) is 19.1 Å². The summed E-state index contributed by atoms with van der Waals surface area (Å²) >= 11 is 3.34. The van der Waals surface area contributed by atoms with Crippen molar-refractivity contribution >= 4 is 39.3 Å². The third-order valence-corrected chi connectivity index (χ3v) is 6.72. The number of Topliss-reactive ketones (excluding diaryl/α,β-unsaturated/α-hetero) is 1. The van der Waals surface area contributed by atoms with Gasteiger partial charge in [-0.05, 0) is 35.4 Å². The monoisotopic (exact) mass is 528 g/mol. The number of methoxy groups -OCH3 is 1. The van der Waals surface area contributed by atoms with Gasteiger partial charge in [0, 0.05) is 10.0 Å². The highest BCUT2D eigenvalue weighted by atomic mass is 79.9. The van der Waals surface area contributed by atoms with Gasteiger partial charge in [0.15, 0.2) is 0 Å². The number of benzene rings is 2. The van der Waals surface area contributed by atoms with Crippen molar-refractivity contribution in [2.75, 3.05) is 46.5 Å². The molecule has 0 saturated carbocycles. The van der Waals surface area contributed by atoms with E-state index >= 15 is 0 Å². The molecule has 9 heteroatoms. The summed E-state index contributed by atoms with van der Waals surface area (Å²) in [7, 11) is 1.29. The molecule has 1 atom stereocenters. The first-order chi connectivity index (χ1) is 16.4. The van der Waals surface area contributed by atoms with Crippen LogP contribution < -0.4 is 10.0 Å². The zero-order valence-electron chi connectivity index (χ0n) is 18.7. The number of carbonyl (C=O) groups excluding carboxylic acids is 3. The number of ketones is 1. The van der Waals surface area contributed by atoms with E-state index in [1.165, 1.54) is 16.9 Å². The quantitative estimate of drug-likeness (QED) is 0.252. The molecule has 4 rings (SSSR count). The molecule has 2 aromatic carbocycles. The van der Waals surface area contributed by atoms with Crippen LogP contribution in [0.4, 0.5) is 0 Å². The van der Waals surface area contributed by atoms with Gasteiger partial charge in [0.2, 0.25) is 5.78 Å². The van der Waals surface area contributed by atoms with Crippen LogP contribution in [0.15, 0.2) is 58.6 Å². The molecule has 0 radical (unpaired) electrons. The first-order valence-corrected chi connectivity index (χ1v) is 11.8. The molecule has 2 heterocycles. The number of hydrogen-bond acceptors (Lipinski definition) is 6. The standard InChI is InChI=1S/C25H25BrN2O6/c1-33-25(32)18-4-2-16(3-5-18)21-20(22(29)17-6-8-19(26)9-7-17)23(30)24(31)28(21)11-10-27-12-14-34-15-13-27/h2-9,21,29H,10-15H2,1H3/b22-20+. The van der Waals surface area contributed by atoms with Gasteiger partial charge in [-0.2, -0.15) is 0 Å². The Balaban J connectivity index is 1.73. The molecule has 2 aromatic rings. The van der Waals surface area contributed by atoms with Crippen LogP contribution in [0.5, 0.6) is 0 Å². The molecule has 0 bridgehead atoms. The van der Waals surface area contributed by atoms with Gasteiger partial charge in [-0.1, -0.05) is 46.0 Å². The minimum absolute atomic E-state index is 0.0740. The number of rotatable bonds is 6. The molecule has 1 N–H and O–H groups in total. The summed E-state index contributed by atoms with van der Waals surface area (Å²) in [5, 5.41) is 13.4. The molecule has 0 aliphatic carbocycles. The maximum absolute atomic E-state index is 13.4. The summed E-state index contributed by atoms with van der Waals surface area (Å²) in [4.78, 5) is 40.8. The van der Waals surface area contributed by atoms with Crippen molar-refractivity contribution in [3.8, 4) is 0 Å². The Hall–Kier alpha value is -3.01. The van der Waals surface area contributed by atoms with E-state index in [0.29, 0.717) is 43.0 Å². The van der Waals surface area contributed by atoms with Gasteiger partial charge in [-0.3, -0.25) is 9.59 Å². The van der Waals surface area contributed by atoms with Crippen LogP contribution >= 0.6 is 15.9 Å². The number of nitrogens with zero attached hydrogens (tertiary/aromatic N) is 1. The molecule has 8 nitrogen and oxygen atoms in total. The Bertz CT molecular complexity index is 1110. The Kier molecular flexibility index (Phi) is 7.45. The molecule has 0 aromatic heterocycles. The minimum atomic E-state index is -0.830. The van der Waals surface area contributed by atoms with Crippen molar-refractivity contribution < 1.29 is 33.9 Å². The van der Waals surface area contributed by atoms with Crippen molar-refractivity contribution in [3.63, 3.8) is 0 Å². The Labute approximate surface area is 205 Å². The van der Waals surface area contributed by atoms with E-state index in [1.807, 2.05) is 0 Å². The van der Waals surface area contributed by atoms with Gasteiger partial charge in [0.05, 0.1) is 45.0 Å². The fourth-order valence-corrected chi connectivity index (χ4v) is 4.58. The number of morpholine rings is 1. The van der Waals surface area contributed by atoms with E-state index in [9.17, 15) is 19.5 Å². The molecule has 2 saturated heterocycles. The first-order valence-electron chi connectivity index (χ1n) is 11.0. The zero-order chi connectivity index (χ0) is 24.2. The topological polar surface area (TPSA) is 100 Å². The number of halogens is 1. The van der Waals surface area contributed by atoms with Gasteiger partial charge in [-0.25, -0.2) is 4.79 Å². The van der Waals surface area contributed by atoms with Gasteiger partial charge in [0.1, 0.15) is 13.1 Å². The van der Waals surface area contributed by atoms with Gasteiger partial charge in [0.25, 0.3) is 5.91 Å². The summed E-state index contributed by atoms with van der Waals surface area (Å²) in [6, 6.07) is 12.3. The zero-order valence-corrected chi connectivity index (χ0v) is 20.3. The predicted octanol–water partition coefficient (Wildman–Crippen LogP) is 0.375. The average Bonchev–Trinajstić information content (AvgIpc) is 3.12. The van der Waals surface area contributed by atoms with Crippen molar-refractivity contribution in [1.29, 1.82) is 0 Å². The van der Waals surface area contributed by atoms with Crippen LogP contribution in [0.1, 0.15) is 27.5 Å². The van der Waals surface area contributed by atoms with E-state index in [-0.39, 0.29) is 5.57 Å². The second-order valence-electron chi connectivity index (χ2n) is 8.21. The maximum atomic E-state index is 13.4. The molecule has 34 heavy (non-hydrogen) atoms. The lowest BCUT2D eigenvalue weighted by molar-refractivity contribution is -0.907. The lowest BCUT2D eigenvalue weighted by Gasteiger charge is -2.30. The summed E-state index contributed by atoms with van der Waals surface area (Å²) < 4.78 is 11.0. The molecular weight excluding hydrogens is 504 g/mol. The third kappa shape index (κ3) is 4.91. The van der Waals surface area contributed by atoms with E-state index in [0.717, 1.165) is 17.6 Å². The molecular formula is C25H25BrN2O6. The van der Waals surface area contributed by atoms with E-state index in [2.05, 4.69) is 15.9 Å². The number of amides is 1. The highest BCUT2D eigenvalue weighted by molar-refractivity contribution is 9.10. The second-order valence-corrected chi connectivity index (χ2v) is 9.12. The summed E-state index contributed by atoms with van der Waals surface area (Å²) in [6.45, 7) is 3.91. The van der Waals surface area contributed by atoms with Gasteiger partial charge < -0.3 is 24.4 Å². The lowest BCUT2D eigenvalue weighted by atomic mass is 9.94. The fourth-order valence-electron chi connectivity index (χ4n) is 4.31. The molecule has 1 amide bonds. The predicted molar refractivity (Wildman–Crippen MR) is 125 cm³/mol. The molecule has 2 aliphatic heterocycles. The molecule has 2 fully saturated rings. The number of likely N-dealkylation sites (tertiary alicyclic amines) is 1. The highest BCUT2D eigenvalue weighted by Gasteiger charge is 2.44. The number of ether oxygens (including phenoxy) is 2. The van der Waals surface area contributed by atoms with E-state index in [4.69, 9.17) is 9.47 Å². The maximum Gasteiger partial charge on any atom is 0.337 e. The number of hydrogen-bond donors (Lipinski definition) is 1. The molecule has 0 spiro atoms. The van der Waals surface area contributed by atoms with Crippen molar-refractivity contribution in [3.05, 3.63) is 75.3 Å². The van der Waals surface area contributed by atoms with E-state index in [1.54, 1.807) is 48.5 Å². The van der Waals surface area contributed by atoms with Crippen LogP contribution in [-0.4, -0.2) is 69.1 Å². The van der Waals surface area contributed by atoms with Crippen molar-refractivity contribution in [2.45, 2.75) is 6.04 Å². The van der Waals surface area contributed by atoms with Crippen molar-refractivity contribution in [1.82, 2.24) is 4.90 Å². The van der Waals surface area contributed by atoms with Gasteiger partial charge in [-0.15, -0.1) is 0 Å². The number of nitrogens with one attached hydrogen (secondary N) is 1. The third-order valence-electron chi connectivity index (χ3n) is 6.19. The summed E-state index contributed by atoms with van der Waals surface area (Å²) in [5.41, 5.74) is 1.18. The van der Waals surface area contributed by atoms with E-state index < -0.39 is 29.5 Å². The van der Waals surface area contributed by atoms with Crippen molar-refractivity contribution in [2.24, 2.45) is 0 Å². The largest absolute Gasteiger partial charge is 0.872 e. The summed E-state index contributed by atoms with van der Waals surface area (Å²) in [6.07, 6.45) is 0.